The maximum absolute atomic E-state index is 12.7. The van der Waals surface area contributed by atoms with E-state index in [1.807, 2.05) is 42.5 Å². The highest BCUT2D eigenvalue weighted by atomic mass is 79.9. The number of imide groups is 1. The minimum Gasteiger partial charge on any atom is -0.319 e. The minimum absolute atomic E-state index is 0.217. The molecule has 1 atom stereocenters. The van der Waals surface area contributed by atoms with E-state index < -0.39 is 5.54 Å². The zero-order chi connectivity index (χ0) is 15.0. The van der Waals surface area contributed by atoms with Gasteiger partial charge in [0.25, 0.3) is 5.91 Å². The van der Waals surface area contributed by atoms with Gasteiger partial charge in [0.2, 0.25) is 0 Å². The zero-order valence-electron chi connectivity index (χ0n) is 11.3. The molecule has 108 valence electrons. The smallest absolute Gasteiger partial charge is 0.319 e. The lowest BCUT2D eigenvalue weighted by molar-refractivity contribution is -0.131. The van der Waals surface area contributed by atoms with Crippen LogP contribution in [0.1, 0.15) is 17.4 Å². The van der Waals surface area contributed by atoms with Gasteiger partial charge in [0.05, 0.1) is 10.3 Å². The van der Waals surface area contributed by atoms with Crippen molar-refractivity contribution in [3.05, 3.63) is 56.7 Å². The Balaban J connectivity index is 1.88. The molecule has 0 bridgehead atoms. The maximum atomic E-state index is 12.7. The highest BCUT2D eigenvalue weighted by Crippen LogP contribution is 2.35. The third-order valence-electron chi connectivity index (χ3n) is 3.52. The Morgan fingerprint density at radius 3 is 2.52 bits per heavy atom. The average molecular weight is 365 g/mol. The number of halogens is 1. The summed E-state index contributed by atoms with van der Waals surface area (Å²) in [5, 5.41) is 2.81. The van der Waals surface area contributed by atoms with E-state index in [1.54, 1.807) is 6.92 Å². The quantitative estimate of drug-likeness (QED) is 0.847. The van der Waals surface area contributed by atoms with Gasteiger partial charge in [-0.15, -0.1) is 11.3 Å². The summed E-state index contributed by atoms with van der Waals surface area (Å²) >= 11 is 4.84. The number of nitrogens with zero attached hydrogens (tertiary/aromatic N) is 1. The molecule has 2 heterocycles. The minimum atomic E-state index is -0.984. The Labute approximate surface area is 134 Å². The van der Waals surface area contributed by atoms with Crippen LogP contribution in [0.4, 0.5) is 4.79 Å². The molecule has 3 amide bonds. The van der Waals surface area contributed by atoms with Crippen LogP contribution in [0.15, 0.2) is 46.3 Å². The molecule has 0 spiro atoms. The van der Waals surface area contributed by atoms with Gasteiger partial charge in [-0.1, -0.05) is 30.3 Å². The number of thiophene rings is 1. The summed E-state index contributed by atoms with van der Waals surface area (Å²) in [5.41, 5.74) is -0.0552. The van der Waals surface area contributed by atoms with Crippen molar-refractivity contribution in [2.24, 2.45) is 0 Å². The van der Waals surface area contributed by atoms with Crippen LogP contribution in [-0.2, 0) is 16.9 Å². The summed E-state index contributed by atoms with van der Waals surface area (Å²) < 4.78 is 0.933. The highest BCUT2D eigenvalue weighted by Gasteiger charge is 2.49. The van der Waals surface area contributed by atoms with Crippen molar-refractivity contribution >= 4 is 39.2 Å². The molecule has 0 radical (unpaired) electrons. The Kier molecular flexibility index (Phi) is 3.59. The number of carbonyl (C=O) groups is 2. The molecule has 0 unspecified atom stereocenters. The van der Waals surface area contributed by atoms with Crippen LogP contribution in [0.3, 0.4) is 0 Å². The molecule has 4 nitrogen and oxygen atoms in total. The molecule has 1 N–H and O–H groups in total. The number of carbonyl (C=O) groups excluding carboxylic acids is 2. The second-order valence-electron chi connectivity index (χ2n) is 5.04. The molecule has 3 rings (SSSR count). The Morgan fingerprint density at radius 2 is 1.90 bits per heavy atom. The van der Waals surface area contributed by atoms with E-state index in [9.17, 15) is 9.59 Å². The van der Waals surface area contributed by atoms with E-state index in [4.69, 9.17) is 0 Å². The number of hydrogen-bond acceptors (Lipinski definition) is 3. The van der Waals surface area contributed by atoms with Crippen LogP contribution in [0.25, 0.3) is 0 Å². The van der Waals surface area contributed by atoms with E-state index in [0.29, 0.717) is 0 Å². The van der Waals surface area contributed by atoms with Crippen LogP contribution in [0.5, 0.6) is 0 Å². The maximum Gasteiger partial charge on any atom is 0.325 e. The fourth-order valence-electron chi connectivity index (χ4n) is 2.36. The van der Waals surface area contributed by atoms with Gasteiger partial charge in [0.15, 0.2) is 5.54 Å². The van der Waals surface area contributed by atoms with E-state index >= 15 is 0 Å². The van der Waals surface area contributed by atoms with Gasteiger partial charge < -0.3 is 5.32 Å². The topological polar surface area (TPSA) is 49.4 Å². The van der Waals surface area contributed by atoms with Gasteiger partial charge in [-0.2, -0.15) is 0 Å². The van der Waals surface area contributed by atoms with Crippen LogP contribution in [-0.4, -0.2) is 16.8 Å². The van der Waals surface area contributed by atoms with Gasteiger partial charge in [-0.25, -0.2) is 4.79 Å². The monoisotopic (exact) mass is 364 g/mol. The van der Waals surface area contributed by atoms with Crippen LogP contribution in [0.2, 0.25) is 0 Å². The molecule has 1 aliphatic heterocycles. The van der Waals surface area contributed by atoms with Gasteiger partial charge in [-0.3, -0.25) is 9.69 Å². The molecular formula is C15H13BrN2O2S. The SMILES string of the molecule is C[C@]1(c2ccc(Br)s2)NC(=O)N(Cc2ccccc2)C1=O. The Morgan fingerprint density at radius 1 is 1.19 bits per heavy atom. The van der Waals surface area contributed by atoms with Crippen LogP contribution >= 0.6 is 27.3 Å². The lowest BCUT2D eigenvalue weighted by atomic mass is 10.0. The average Bonchev–Trinajstić information content (AvgIpc) is 2.99. The molecule has 1 aliphatic rings. The first-order valence-corrected chi connectivity index (χ1v) is 8.05. The van der Waals surface area contributed by atoms with Crippen LogP contribution in [0, 0.1) is 0 Å². The summed E-state index contributed by atoms with van der Waals surface area (Å²) in [4.78, 5) is 26.9. The van der Waals surface area contributed by atoms with Gasteiger partial charge in [-0.05, 0) is 40.5 Å². The standard InChI is InChI=1S/C15H13BrN2O2S/c1-15(11-7-8-12(16)21-11)13(19)18(14(20)17-15)9-10-5-3-2-4-6-10/h2-8H,9H2,1H3,(H,17,20)/t15-/m1/s1. The summed E-state index contributed by atoms with van der Waals surface area (Å²) in [5.74, 6) is -0.217. The van der Waals surface area contributed by atoms with E-state index in [-0.39, 0.29) is 18.5 Å². The van der Waals surface area contributed by atoms with E-state index in [0.717, 1.165) is 14.2 Å². The molecule has 2 aromatic rings. The highest BCUT2D eigenvalue weighted by molar-refractivity contribution is 9.11. The van der Waals surface area contributed by atoms with Crippen LogP contribution < -0.4 is 5.32 Å². The first kappa shape index (κ1) is 14.3. The predicted octanol–water partition coefficient (Wildman–Crippen LogP) is 3.48. The second-order valence-corrected chi connectivity index (χ2v) is 7.50. The Hall–Kier alpha value is -1.66. The van der Waals surface area contributed by atoms with E-state index in [2.05, 4.69) is 21.2 Å². The van der Waals surface area contributed by atoms with E-state index in [1.165, 1.54) is 16.2 Å². The number of urea groups is 1. The first-order valence-electron chi connectivity index (χ1n) is 6.44. The zero-order valence-corrected chi connectivity index (χ0v) is 13.7. The third kappa shape index (κ3) is 2.49. The van der Waals surface area contributed by atoms with Gasteiger partial charge in [0.1, 0.15) is 0 Å². The molecule has 1 fully saturated rings. The number of benzene rings is 1. The normalized spacial score (nSPS) is 21.7. The lowest BCUT2D eigenvalue weighted by Crippen LogP contribution is -2.40. The number of nitrogens with one attached hydrogen (secondary N) is 1. The number of hydrogen-bond donors (Lipinski definition) is 1. The molecule has 1 saturated heterocycles. The van der Waals surface area contributed by atoms with Gasteiger partial charge >= 0.3 is 6.03 Å². The molecular weight excluding hydrogens is 352 g/mol. The van der Waals surface area contributed by atoms with Crippen molar-refractivity contribution < 1.29 is 9.59 Å². The van der Waals surface area contributed by atoms with Crippen molar-refractivity contribution in [1.29, 1.82) is 0 Å². The summed E-state index contributed by atoms with van der Waals surface area (Å²) in [6, 6.07) is 12.9. The van der Waals surface area contributed by atoms with Gasteiger partial charge in [0, 0.05) is 4.88 Å². The summed E-state index contributed by atoms with van der Waals surface area (Å²) in [6.07, 6.45) is 0. The van der Waals surface area contributed by atoms with Crippen molar-refractivity contribution in [3.63, 3.8) is 0 Å². The lowest BCUT2D eigenvalue weighted by Gasteiger charge is -2.20. The molecule has 0 aliphatic carbocycles. The van der Waals surface area contributed by atoms with Crippen molar-refractivity contribution in [1.82, 2.24) is 10.2 Å². The molecule has 0 saturated carbocycles. The van der Waals surface area contributed by atoms with Crippen molar-refractivity contribution in [3.8, 4) is 0 Å². The first-order chi connectivity index (χ1) is 10.0. The predicted molar refractivity (Wildman–Crippen MR) is 84.9 cm³/mol. The summed E-state index contributed by atoms with van der Waals surface area (Å²) in [6.45, 7) is 2.03. The van der Waals surface area contributed by atoms with Crippen molar-refractivity contribution in [2.45, 2.75) is 19.0 Å². The number of amides is 3. The molecule has 21 heavy (non-hydrogen) atoms. The molecule has 6 heteroatoms. The Bertz CT molecular complexity index is 701. The fraction of sp³-hybridized carbons (Fsp3) is 0.200. The second kappa shape index (κ2) is 5.27. The summed E-state index contributed by atoms with van der Waals surface area (Å²) in [7, 11) is 0. The molecule has 1 aromatic heterocycles. The fourth-order valence-corrected chi connectivity index (χ4v) is 3.84. The molecule has 1 aromatic carbocycles. The number of rotatable bonds is 3. The van der Waals surface area contributed by atoms with Crippen molar-refractivity contribution in [2.75, 3.05) is 0 Å². The largest absolute Gasteiger partial charge is 0.325 e. The third-order valence-corrected chi connectivity index (χ3v) is 5.37.